The van der Waals surface area contributed by atoms with Gasteiger partial charge in [-0.2, -0.15) is 5.10 Å². The van der Waals surface area contributed by atoms with Crippen molar-refractivity contribution in [3.05, 3.63) is 42.6 Å². The van der Waals surface area contributed by atoms with Crippen LogP contribution >= 0.6 is 0 Å². The highest BCUT2D eigenvalue weighted by Gasteiger charge is 2.08. The Kier molecular flexibility index (Phi) is 5.12. The Morgan fingerprint density at radius 2 is 2.26 bits per heavy atom. The Labute approximate surface area is 114 Å². The van der Waals surface area contributed by atoms with Gasteiger partial charge in [-0.3, -0.25) is 4.68 Å². The second kappa shape index (κ2) is 7.07. The molecule has 102 valence electrons. The van der Waals surface area contributed by atoms with Crippen molar-refractivity contribution in [1.29, 1.82) is 0 Å². The van der Waals surface area contributed by atoms with Gasteiger partial charge in [-0.25, -0.2) is 0 Å². The molecular weight excluding hydrogens is 238 g/mol. The summed E-state index contributed by atoms with van der Waals surface area (Å²) in [4.78, 5) is 0. The molecule has 1 N–H and O–H groups in total. The molecule has 1 heterocycles. The first kappa shape index (κ1) is 13.8. The first-order valence-corrected chi connectivity index (χ1v) is 6.61. The third-order valence-corrected chi connectivity index (χ3v) is 3.05. The molecule has 0 aliphatic heterocycles. The van der Waals surface area contributed by atoms with E-state index in [0.29, 0.717) is 0 Å². The maximum absolute atomic E-state index is 5.03. The van der Waals surface area contributed by atoms with E-state index < -0.39 is 0 Å². The van der Waals surface area contributed by atoms with E-state index in [1.54, 1.807) is 7.11 Å². The molecular formula is C15H21N3O. The fourth-order valence-corrected chi connectivity index (χ4v) is 2.09. The molecule has 0 saturated heterocycles. The molecule has 0 amide bonds. The Morgan fingerprint density at radius 1 is 1.42 bits per heavy atom. The number of aryl methyl sites for hydroxylation is 1. The Morgan fingerprint density at radius 3 is 3.05 bits per heavy atom. The number of rotatable bonds is 8. The van der Waals surface area contributed by atoms with Gasteiger partial charge in [0.15, 0.2) is 0 Å². The molecule has 1 aromatic heterocycles. The predicted octanol–water partition coefficient (Wildman–Crippen LogP) is 2.35. The van der Waals surface area contributed by atoms with E-state index in [4.69, 9.17) is 9.84 Å². The van der Waals surface area contributed by atoms with Crippen molar-refractivity contribution in [3.8, 4) is 0 Å². The van der Waals surface area contributed by atoms with Crippen LogP contribution in [0, 0.1) is 0 Å². The van der Waals surface area contributed by atoms with Crippen LogP contribution < -0.4 is 5.32 Å². The summed E-state index contributed by atoms with van der Waals surface area (Å²) in [5, 5.41) is 9.25. The van der Waals surface area contributed by atoms with Crippen molar-refractivity contribution in [2.45, 2.75) is 19.5 Å². The smallest absolute Gasteiger partial charge is 0.0841 e. The van der Waals surface area contributed by atoms with Crippen molar-refractivity contribution < 1.29 is 4.74 Å². The zero-order valence-corrected chi connectivity index (χ0v) is 11.4. The van der Waals surface area contributed by atoms with Gasteiger partial charge in [0, 0.05) is 32.1 Å². The molecule has 0 saturated carbocycles. The number of benzene rings is 1. The normalized spacial score (nSPS) is 11.0. The van der Waals surface area contributed by atoms with Crippen LogP contribution in [0.3, 0.4) is 0 Å². The molecule has 0 fully saturated rings. The fraction of sp³-hybridized carbons (Fsp3) is 0.400. The van der Waals surface area contributed by atoms with Gasteiger partial charge < -0.3 is 10.1 Å². The first-order chi connectivity index (χ1) is 9.36. The number of methoxy groups -OCH3 is 1. The van der Waals surface area contributed by atoms with Crippen LogP contribution in [0.1, 0.15) is 12.1 Å². The van der Waals surface area contributed by atoms with Crippen molar-refractivity contribution in [2.75, 3.05) is 20.3 Å². The van der Waals surface area contributed by atoms with Crippen molar-refractivity contribution in [1.82, 2.24) is 15.1 Å². The zero-order valence-electron chi connectivity index (χ0n) is 11.4. The molecule has 0 aliphatic carbocycles. The minimum atomic E-state index is 0.717. The number of fused-ring (bicyclic) bond motifs is 1. The SMILES string of the molecule is C=CCCn1nc(CNCCOC)c2ccccc21. The largest absolute Gasteiger partial charge is 0.383 e. The van der Waals surface area contributed by atoms with E-state index in [9.17, 15) is 0 Å². The number of allylic oxidation sites excluding steroid dienone is 1. The van der Waals surface area contributed by atoms with Crippen LogP contribution in [0.2, 0.25) is 0 Å². The molecule has 2 rings (SSSR count). The van der Waals surface area contributed by atoms with Gasteiger partial charge in [-0.1, -0.05) is 24.3 Å². The van der Waals surface area contributed by atoms with Crippen molar-refractivity contribution in [3.63, 3.8) is 0 Å². The van der Waals surface area contributed by atoms with Crippen LogP contribution in [0.4, 0.5) is 0 Å². The number of nitrogens with zero attached hydrogens (tertiary/aromatic N) is 2. The molecule has 2 aromatic rings. The van der Waals surface area contributed by atoms with Gasteiger partial charge >= 0.3 is 0 Å². The minimum absolute atomic E-state index is 0.717. The number of hydrogen-bond donors (Lipinski definition) is 1. The van der Waals surface area contributed by atoms with Gasteiger partial charge in [-0.15, -0.1) is 6.58 Å². The standard InChI is InChI=1S/C15H21N3O/c1-3-4-10-18-15-8-6-5-7-13(15)14(17-18)12-16-9-11-19-2/h3,5-8,16H,1,4,9-12H2,2H3. The van der Waals surface area contributed by atoms with Crippen molar-refractivity contribution in [2.24, 2.45) is 0 Å². The summed E-state index contributed by atoms with van der Waals surface area (Å²) in [5.74, 6) is 0. The lowest BCUT2D eigenvalue weighted by molar-refractivity contribution is 0.199. The maximum atomic E-state index is 5.03. The second-order valence-electron chi connectivity index (χ2n) is 4.43. The average molecular weight is 259 g/mol. The monoisotopic (exact) mass is 259 g/mol. The van der Waals surface area contributed by atoms with Gasteiger partial charge in [0.05, 0.1) is 17.8 Å². The fourth-order valence-electron chi connectivity index (χ4n) is 2.09. The van der Waals surface area contributed by atoms with E-state index >= 15 is 0 Å². The lowest BCUT2D eigenvalue weighted by Crippen LogP contribution is -2.19. The van der Waals surface area contributed by atoms with Crippen LogP contribution in [0.5, 0.6) is 0 Å². The molecule has 4 heteroatoms. The molecule has 1 aromatic carbocycles. The molecule has 0 spiro atoms. The van der Waals surface area contributed by atoms with Gasteiger partial charge in [0.2, 0.25) is 0 Å². The second-order valence-corrected chi connectivity index (χ2v) is 4.43. The molecule has 0 atom stereocenters. The quantitative estimate of drug-likeness (QED) is 0.584. The minimum Gasteiger partial charge on any atom is -0.383 e. The van der Waals surface area contributed by atoms with Crippen molar-refractivity contribution >= 4 is 10.9 Å². The Balaban J connectivity index is 2.15. The number of nitrogens with one attached hydrogen (secondary N) is 1. The predicted molar refractivity (Wildman–Crippen MR) is 78.1 cm³/mol. The summed E-state index contributed by atoms with van der Waals surface area (Å²) >= 11 is 0. The van der Waals surface area contributed by atoms with Crippen LogP contribution in [-0.4, -0.2) is 30.0 Å². The van der Waals surface area contributed by atoms with Gasteiger partial charge in [0.1, 0.15) is 0 Å². The maximum Gasteiger partial charge on any atom is 0.0841 e. The summed E-state index contributed by atoms with van der Waals surface area (Å²) in [5.41, 5.74) is 2.28. The lowest BCUT2D eigenvalue weighted by Gasteiger charge is -2.01. The van der Waals surface area contributed by atoms with Gasteiger partial charge in [0.25, 0.3) is 0 Å². The van der Waals surface area contributed by atoms with Crippen LogP contribution in [0.15, 0.2) is 36.9 Å². The summed E-state index contributed by atoms with van der Waals surface area (Å²) in [7, 11) is 1.71. The molecule has 0 radical (unpaired) electrons. The Bertz CT molecular complexity index is 533. The Hall–Kier alpha value is -1.65. The summed E-state index contributed by atoms with van der Waals surface area (Å²) in [6, 6.07) is 8.35. The molecule has 0 aliphatic rings. The third-order valence-electron chi connectivity index (χ3n) is 3.05. The summed E-state index contributed by atoms with van der Waals surface area (Å²) in [6.45, 7) is 6.97. The number of ether oxygens (including phenoxy) is 1. The summed E-state index contributed by atoms with van der Waals surface area (Å²) < 4.78 is 7.09. The van der Waals surface area contributed by atoms with Gasteiger partial charge in [-0.05, 0) is 12.5 Å². The first-order valence-electron chi connectivity index (χ1n) is 6.61. The zero-order chi connectivity index (χ0) is 13.5. The molecule has 0 bridgehead atoms. The average Bonchev–Trinajstić information content (AvgIpc) is 2.80. The van der Waals surface area contributed by atoms with Crippen LogP contribution in [-0.2, 0) is 17.8 Å². The van der Waals surface area contributed by atoms with E-state index in [1.165, 1.54) is 10.9 Å². The number of para-hydroxylation sites is 1. The number of hydrogen-bond acceptors (Lipinski definition) is 3. The highest BCUT2D eigenvalue weighted by atomic mass is 16.5. The number of aromatic nitrogens is 2. The molecule has 4 nitrogen and oxygen atoms in total. The lowest BCUT2D eigenvalue weighted by atomic mass is 10.2. The molecule has 0 unspecified atom stereocenters. The van der Waals surface area contributed by atoms with E-state index in [2.05, 4.69) is 40.8 Å². The topological polar surface area (TPSA) is 39.1 Å². The van der Waals surface area contributed by atoms with E-state index in [1.807, 2.05) is 6.08 Å². The molecule has 19 heavy (non-hydrogen) atoms. The highest BCUT2D eigenvalue weighted by Crippen LogP contribution is 2.18. The van der Waals surface area contributed by atoms with Crippen LogP contribution in [0.25, 0.3) is 10.9 Å². The van der Waals surface area contributed by atoms with E-state index in [-0.39, 0.29) is 0 Å². The van der Waals surface area contributed by atoms with E-state index in [0.717, 1.165) is 38.4 Å². The highest BCUT2D eigenvalue weighted by molar-refractivity contribution is 5.81. The summed E-state index contributed by atoms with van der Waals surface area (Å²) in [6.07, 6.45) is 2.86. The third kappa shape index (κ3) is 3.43.